The molecule has 0 bridgehead atoms. The number of aliphatic hydroxyl groups excluding tert-OH is 1. The highest BCUT2D eigenvalue weighted by atomic mass is 35.5. The molecule has 0 atom stereocenters. The molecule has 0 saturated heterocycles. The lowest BCUT2D eigenvalue weighted by Crippen LogP contribution is -2.43. The van der Waals surface area contributed by atoms with Gasteiger partial charge in [0.25, 0.3) is 0 Å². The Kier molecular flexibility index (Phi) is 5.38. The summed E-state index contributed by atoms with van der Waals surface area (Å²) in [6.07, 6.45) is 0. The zero-order valence-electron chi connectivity index (χ0n) is 12.6. The van der Waals surface area contributed by atoms with Gasteiger partial charge in [0, 0.05) is 23.0 Å². The first-order chi connectivity index (χ1) is 9.97. The van der Waals surface area contributed by atoms with Gasteiger partial charge in [-0.25, -0.2) is 4.98 Å². The predicted octanol–water partition coefficient (Wildman–Crippen LogP) is 3.75. The summed E-state index contributed by atoms with van der Waals surface area (Å²) < 4.78 is 0. The number of thiazole rings is 1. The van der Waals surface area contributed by atoms with Crippen molar-refractivity contribution in [1.82, 2.24) is 9.88 Å². The lowest BCUT2D eigenvalue weighted by molar-refractivity contribution is 0.0735. The molecule has 0 fully saturated rings. The number of likely N-dealkylation sites (N-methyl/N-ethyl adjacent to an activating group) is 1. The van der Waals surface area contributed by atoms with Crippen molar-refractivity contribution in [1.29, 1.82) is 0 Å². The van der Waals surface area contributed by atoms with Crippen LogP contribution >= 0.6 is 22.9 Å². The highest BCUT2D eigenvalue weighted by molar-refractivity contribution is 7.13. The van der Waals surface area contributed by atoms with Crippen LogP contribution in [0, 0.1) is 0 Å². The second-order valence-corrected chi connectivity index (χ2v) is 6.89. The Hall–Kier alpha value is -0.940. The number of nitrogens with zero attached hydrogens (tertiary/aromatic N) is 2. The molecule has 0 saturated carbocycles. The third-order valence-corrected chi connectivity index (χ3v) is 4.96. The summed E-state index contributed by atoms with van der Waals surface area (Å²) >= 11 is 7.46. The van der Waals surface area contributed by atoms with Gasteiger partial charge in [-0.15, -0.1) is 22.9 Å². The predicted molar refractivity (Wildman–Crippen MR) is 89.7 cm³/mol. The molecule has 2 aromatic rings. The number of aromatic nitrogens is 1. The first-order valence-corrected chi connectivity index (χ1v) is 8.30. The Labute approximate surface area is 135 Å². The van der Waals surface area contributed by atoms with Gasteiger partial charge in [-0.05, 0) is 26.5 Å². The zero-order chi connectivity index (χ0) is 15.5. The Morgan fingerprint density at radius 3 is 2.67 bits per heavy atom. The molecule has 1 heterocycles. The van der Waals surface area contributed by atoms with Crippen LogP contribution in [-0.2, 0) is 12.4 Å². The SMILES string of the molecule is CN(Cc1ccccc1-c1nc(CCl)cs1)C(C)(C)CO. The molecule has 0 radical (unpaired) electrons. The molecule has 0 unspecified atom stereocenters. The van der Waals surface area contributed by atoms with Crippen LogP contribution < -0.4 is 0 Å². The van der Waals surface area contributed by atoms with Crippen molar-refractivity contribution in [3.05, 3.63) is 40.9 Å². The topological polar surface area (TPSA) is 36.4 Å². The van der Waals surface area contributed by atoms with E-state index in [9.17, 15) is 5.11 Å². The van der Waals surface area contributed by atoms with Gasteiger partial charge in [0.1, 0.15) is 5.01 Å². The molecule has 1 aromatic heterocycles. The molecule has 3 nitrogen and oxygen atoms in total. The maximum absolute atomic E-state index is 9.50. The fourth-order valence-corrected chi connectivity index (χ4v) is 3.06. The Balaban J connectivity index is 2.29. The Bertz CT molecular complexity index is 597. The number of hydrogen-bond donors (Lipinski definition) is 1. The van der Waals surface area contributed by atoms with E-state index in [1.54, 1.807) is 11.3 Å². The van der Waals surface area contributed by atoms with Crippen LogP contribution in [0.1, 0.15) is 25.1 Å². The van der Waals surface area contributed by atoms with Gasteiger partial charge in [-0.3, -0.25) is 4.90 Å². The molecule has 0 spiro atoms. The van der Waals surface area contributed by atoms with Gasteiger partial charge in [0.2, 0.25) is 0 Å². The van der Waals surface area contributed by atoms with E-state index in [-0.39, 0.29) is 12.1 Å². The summed E-state index contributed by atoms with van der Waals surface area (Å²) in [5, 5.41) is 12.5. The maximum Gasteiger partial charge on any atom is 0.123 e. The molecular weight excluding hydrogens is 304 g/mol. The minimum absolute atomic E-state index is 0.124. The van der Waals surface area contributed by atoms with Crippen LogP contribution in [0.3, 0.4) is 0 Å². The van der Waals surface area contributed by atoms with Crippen molar-refractivity contribution in [2.45, 2.75) is 31.8 Å². The number of hydrogen-bond acceptors (Lipinski definition) is 4. The van der Waals surface area contributed by atoms with Gasteiger partial charge in [-0.2, -0.15) is 0 Å². The van der Waals surface area contributed by atoms with E-state index < -0.39 is 0 Å². The van der Waals surface area contributed by atoms with Crippen LogP contribution in [0.2, 0.25) is 0 Å². The van der Waals surface area contributed by atoms with E-state index in [1.165, 1.54) is 5.56 Å². The fraction of sp³-hybridized carbons (Fsp3) is 0.438. The first kappa shape index (κ1) is 16.4. The van der Waals surface area contributed by atoms with Crippen molar-refractivity contribution in [3.8, 4) is 10.6 Å². The molecule has 2 rings (SSSR count). The van der Waals surface area contributed by atoms with Crippen LogP contribution in [-0.4, -0.2) is 34.2 Å². The molecule has 1 aromatic carbocycles. The van der Waals surface area contributed by atoms with Gasteiger partial charge in [0.05, 0.1) is 18.2 Å². The largest absolute Gasteiger partial charge is 0.394 e. The van der Waals surface area contributed by atoms with Gasteiger partial charge >= 0.3 is 0 Å². The summed E-state index contributed by atoms with van der Waals surface area (Å²) in [4.78, 5) is 6.72. The number of aliphatic hydroxyl groups is 1. The van der Waals surface area contributed by atoms with Gasteiger partial charge < -0.3 is 5.11 Å². The summed E-state index contributed by atoms with van der Waals surface area (Å²) in [6, 6.07) is 8.26. The number of alkyl halides is 1. The van der Waals surface area contributed by atoms with Crippen molar-refractivity contribution >= 4 is 22.9 Å². The maximum atomic E-state index is 9.50. The fourth-order valence-electron chi connectivity index (χ4n) is 1.95. The minimum atomic E-state index is -0.253. The first-order valence-electron chi connectivity index (χ1n) is 6.88. The smallest absolute Gasteiger partial charge is 0.123 e. The molecule has 0 aliphatic rings. The summed E-state index contributed by atoms with van der Waals surface area (Å²) in [5.41, 5.74) is 3.00. The van der Waals surface area contributed by atoms with E-state index >= 15 is 0 Å². The highest BCUT2D eigenvalue weighted by Crippen LogP contribution is 2.29. The van der Waals surface area contributed by atoms with E-state index in [2.05, 4.69) is 22.0 Å². The van der Waals surface area contributed by atoms with Crippen LogP contribution in [0.4, 0.5) is 0 Å². The zero-order valence-corrected chi connectivity index (χ0v) is 14.2. The molecule has 0 aliphatic carbocycles. The molecule has 114 valence electrons. The summed E-state index contributed by atoms with van der Waals surface area (Å²) in [5.74, 6) is 0.441. The molecule has 21 heavy (non-hydrogen) atoms. The molecule has 0 amide bonds. The second-order valence-electron chi connectivity index (χ2n) is 5.76. The van der Waals surface area contributed by atoms with Gasteiger partial charge in [-0.1, -0.05) is 24.3 Å². The quantitative estimate of drug-likeness (QED) is 0.822. The average molecular weight is 325 g/mol. The lowest BCUT2D eigenvalue weighted by Gasteiger charge is -2.34. The van der Waals surface area contributed by atoms with Crippen molar-refractivity contribution in [2.24, 2.45) is 0 Å². The normalized spacial score (nSPS) is 12.1. The van der Waals surface area contributed by atoms with Crippen LogP contribution in [0.5, 0.6) is 0 Å². The molecule has 1 N–H and O–H groups in total. The van der Waals surface area contributed by atoms with Gasteiger partial charge in [0.15, 0.2) is 0 Å². The monoisotopic (exact) mass is 324 g/mol. The molecule has 5 heteroatoms. The lowest BCUT2D eigenvalue weighted by atomic mass is 10.0. The van der Waals surface area contributed by atoms with Crippen molar-refractivity contribution < 1.29 is 5.11 Å². The summed E-state index contributed by atoms with van der Waals surface area (Å²) in [6.45, 7) is 4.95. The molecular formula is C16H21ClN2OS. The van der Waals surface area contributed by atoms with E-state index in [4.69, 9.17) is 11.6 Å². The number of halogens is 1. The van der Waals surface area contributed by atoms with Crippen LogP contribution in [0.25, 0.3) is 10.6 Å². The average Bonchev–Trinajstić information content (AvgIpc) is 2.96. The highest BCUT2D eigenvalue weighted by Gasteiger charge is 2.23. The number of rotatable bonds is 6. The van der Waals surface area contributed by atoms with E-state index in [0.29, 0.717) is 5.88 Å². The Morgan fingerprint density at radius 1 is 1.33 bits per heavy atom. The third kappa shape index (κ3) is 3.83. The molecule has 0 aliphatic heterocycles. The minimum Gasteiger partial charge on any atom is -0.394 e. The number of benzene rings is 1. The van der Waals surface area contributed by atoms with E-state index in [0.717, 1.165) is 22.8 Å². The third-order valence-electron chi connectivity index (χ3n) is 3.76. The Morgan fingerprint density at radius 2 is 2.05 bits per heavy atom. The standard InChI is InChI=1S/C16H21ClN2OS/c1-16(2,11-20)19(3)9-12-6-4-5-7-14(12)15-18-13(8-17)10-21-15/h4-7,10,20H,8-9,11H2,1-3H3. The van der Waals surface area contributed by atoms with Crippen molar-refractivity contribution in [3.63, 3.8) is 0 Å². The van der Waals surface area contributed by atoms with Crippen LogP contribution in [0.15, 0.2) is 29.6 Å². The summed E-state index contributed by atoms with van der Waals surface area (Å²) in [7, 11) is 2.03. The van der Waals surface area contributed by atoms with E-state index in [1.807, 2.05) is 38.4 Å². The van der Waals surface area contributed by atoms with Crippen molar-refractivity contribution in [2.75, 3.05) is 13.7 Å². The second kappa shape index (κ2) is 6.88.